The molecule has 0 fully saturated rings. The Balaban J connectivity index is 2.07. The van der Waals surface area contributed by atoms with Crippen LogP contribution in [-0.2, 0) is 16.6 Å². The van der Waals surface area contributed by atoms with Crippen molar-refractivity contribution in [2.24, 2.45) is 0 Å². The molecule has 0 radical (unpaired) electrons. The van der Waals surface area contributed by atoms with Gasteiger partial charge < -0.3 is 4.74 Å². The molecule has 0 heterocycles. The summed E-state index contributed by atoms with van der Waals surface area (Å²) >= 11 is 0. The second kappa shape index (κ2) is 8.07. The summed E-state index contributed by atoms with van der Waals surface area (Å²) in [5.41, 5.74) is 4.73. The van der Waals surface area contributed by atoms with Crippen molar-refractivity contribution in [3.63, 3.8) is 0 Å². The Morgan fingerprint density at radius 3 is 2.04 bits per heavy atom. The lowest BCUT2D eigenvalue weighted by Gasteiger charge is -2.25. The summed E-state index contributed by atoms with van der Waals surface area (Å²) in [6, 6.07) is 20.1. The van der Waals surface area contributed by atoms with Crippen LogP contribution in [0.15, 0.2) is 71.6 Å². The number of anilines is 1. The van der Waals surface area contributed by atoms with Crippen LogP contribution >= 0.6 is 0 Å². The molecule has 0 atom stereocenters. The van der Waals surface area contributed by atoms with Gasteiger partial charge in [0.1, 0.15) is 5.75 Å². The molecule has 3 rings (SSSR count). The molecule has 5 heteroatoms. The molecule has 0 amide bonds. The lowest BCUT2D eigenvalue weighted by molar-refractivity contribution is 0.414. The summed E-state index contributed by atoms with van der Waals surface area (Å²) in [4.78, 5) is 0.282. The zero-order valence-corrected chi connectivity index (χ0v) is 17.5. The number of aryl methyl sites for hydroxylation is 3. The van der Waals surface area contributed by atoms with Crippen LogP contribution in [0.4, 0.5) is 5.69 Å². The second-order valence-electron chi connectivity index (χ2n) is 6.94. The minimum atomic E-state index is -3.71. The Morgan fingerprint density at radius 2 is 1.46 bits per heavy atom. The minimum Gasteiger partial charge on any atom is -0.497 e. The van der Waals surface area contributed by atoms with Gasteiger partial charge in [-0.05, 0) is 73.9 Å². The molecule has 3 aromatic rings. The van der Waals surface area contributed by atoms with E-state index in [-0.39, 0.29) is 11.4 Å². The molecule has 0 unspecified atom stereocenters. The average molecular weight is 396 g/mol. The van der Waals surface area contributed by atoms with Crippen molar-refractivity contribution in [1.82, 2.24) is 0 Å². The molecule has 0 spiro atoms. The molecule has 146 valence electrons. The van der Waals surface area contributed by atoms with Crippen LogP contribution in [0.5, 0.6) is 5.75 Å². The first-order valence-electron chi connectivity index (χ1n) is 9.11. The van der Waals surface area contributed by atoms with Gasteiger partial charge >= 0.3 is 0 Å². The molecule has 0 saturated heterocycles. The lowest BCUT2D eigenvalue weighted by Crippen LogP contribution is -2.30. The van der Waals surface area contributed by atoms with E-state index >= 15 is 0 Å². The van der Waals surface area contributed by atoms with E-state index in [4.69, 9.17) is 4.74 Å². The Labute approximate surface area is 167 Å². The van der Waals surface area contributed by atoms with Gasteiger partial charge in [-0.25, -0.2) is 8.42 Å². The van der Waals surface area contributed by atoms with E-state index in [9.17, 15) is 8.42 Å². The van der Waals surface area contributed by atoms with Gasteiger partial charge in [0.15, 0.2) is 0 Å². The molecule has 0 aliphatic heterocycles. The molecule has 0 aliphatic carbocycles. The highest BCUT2D eigenvalue weighted by molar-refractivity contribution is 7.92. The first-order valence-corrected chi connectivity index (χ1v) is 10.5. The lowest BCUT2D eigenvalue weighted by atomic mass is 10.1. The monoisotopic (exact) mass is 395 g/mol. The van der Waals surface area contributed by atoms with Gasteiger partial charge in [0.05, 0.1) is 24.2 Å². The number of ether oxygens (including phenoxy) is 1. The predicted molar refractivity (Wildman–Crippen MR) is 113 cm³/mol. The summed E-state index contributed by atoms with van der Waals surface area (Å²) in [6.07, 6.45) is 0. The van der Waals surface area contributed by atoms with Crippen LogP contribution in [0.1, 0.15) is 22.3 Å². The standard InChI is InChI=1S/C23H25NO3S/c1-17-5-13-23(14-6-17)28(25,26)24(21-10-7-18(2)19(3)15-21)16-20-8-11-22(27-4)12-9-20/h5-15H,16H2,1-4H3. The molecular weight excluding hydrogens is 370 g/mol. The Morgan fingerprint density at radius 1 is 0.821 bits per heavy atom. The molecular formula is C23H25NO3S. The number of sulfonamides is 1. The Hall–Kier alpha value is -2.79. The number of rotatable bonds is 6. The SMILES string of the molecule is COc1ccc(CN(c2ccc(C)c(C)c2)S(=O)(=O)c2ccc(C)cc2)cc1. The predicted octanol–water partition coefficient (Wildman–Crippen LogP) is 5.02. The van der Waals surface area contributed by atoms with Crippen molar-refractivity contribution in [1.29, 1.82) is 0 Å². The summed E-state index contributed by atoms with van der Waals surface area (Å²) in [7, 11) is -2.10. The van der Waals surface area contributed by atoms with Crippen LogP contribution in [0.2, 0.25) is 0 Å². The van der Waals surface area contributed by atoms with Crippen molar-refractivity contribution < 1.29 is 13.2 Å². The number of benzene rings is 3. The molecule has 4 nitrogen and oxygen atoms in total. The van der Waals surface area contributed by atoms with Gasteiger partial charge in [-0.1, -0.05) is 35.9 Å². The minimum absolute atomic E-state index is 0.239. The highest BCUT2D eigenvalue weighted by Gasteiger charge is 2.25. The van der Waals surface area contributed by atoms with Gasteiger partial charge in [0.25, 0.3) is 10.0 Å². The maximum absolute atomic E-state index is 13.5. The van der Waals surface area contributed by atoms with E-state index in [2.05, 4.69) is 0 Å². The van der Waals surface area contributed by atoms with Gasteiger partial charge in [0.2, 0.25) is 0 Å². The van der Waals surface area contributed by atoms with Crippen LogP contribution in [-0.4, -0.2) is 15.5 Å². The summed E-state index contributed by atoms with van der Waals surface area (Å²) < 4.78 is 33.6. The van der Waals surface area contributed by atoms with Crippen molar-refractivity contribution in [3.8, 4) is 5.75 Å². The topological polar surface area (TPSA) is 46.6 Å². The highest BCUT2D eigenvalue weighted by Crippen LogP contribution is 2.28. The zero-order chi connectivity index (χ0) is 20.3. The average Bonchev–Trinajstić information content (AvgIpc) is 2.69. The second-order valence-corrected chi connectivity index (χ2v) is 8.80. The van der Waals surface area contributed by atoms with Crippen molar-refractivity contribution >= 4 is 15.7 Å². The summed E-state index contributed by atoms with van der Waals surface area (Å²) in [5.74, 6) is 0.739. The smallest absolute Gasteiger partial charge is 0.264 e. The summed E-state index contributed by atoms with van der Waals surface area (Å²) in [6.45, 7) is 6.18. The molecule has 0 N–H and O–H groups in total. The molecule has 0 bridgehead atoms. The fourth-order valence-corrected chi connectivity index (χ4v) is 4.37. The van der Waals surface area contributed by atoms with E-state index < -0.39 is 10.0 Å². The number of nitrogens with zero attached hydrogens (tertiary/aromatic N) is 1. The summed E-state index contributed by atoms with van der Waals surface area (Å²) in [5, 5.41) is 0. The third-order valence-electron chi connectivity index (χ3n) is 4.87. The molecule has 0 aromatic heterocycles. The van der Waals surface area contributed by atoms with Crippen LogP contribution in [0, 0.1) is 20.8 Å². The normalized spacial score (nSPS) is 11.3. The third kappa shape index (κ3) is 4.20. The number of hydrogen-bond acceptors (Lipinski definition) is 3. The van der Waals surface area contributed by atoms with Crippen LogP contribution in [0.3, 0.4) is 0 Å². The van der Waals surface area contributed by atoms with Crippen LogP contribution in [0.25, 0.3) is 0 Å². The number of methoxy groups -OCH3 is 1. The van der Waals surface area contributed by atoms with Crippen LogP contribution < -0.4 is 9.04 Å². The van der Waals surface area contributed by atoms with Crippen molar-refractivity contribution in [3.05, 3.63) is 89.0 Å². The van der Waals surface area contributed by atoms with Crippen molar-refractivity contribution in [2.45, 2.75) is 32.2 Å². The third-order valence-corrected chi connectivity index (χ3v) is 6.66. The quantitative estimate of drug-likeness (QED) is 0.589. The maximum Gasteiger partial charge on any atom is 0.264 e. The van der Waals surface area contributed by atoms with Gasteiger partial charge in [-0.3, -0.25) is 4.31 Å². The highest BCUT2D eigenvalue weighted by atomic mass is 32.2. The molecule has 28 heavy (non-hydrogen) atoms. The van der Waals surface area contributed by atoms with E-state index in [0.29, 0.717) is 5.69 Å². The van der Waals surface area contributed by atoms with E-state index in [1.807, 2.05) is 75.4 Å². The Bertz CT molecular complexity index is 1060. The maximum atomic E-state index is 13.5. The number of hydrogen-bond donors (Lipinski definition) is 0. The molecule has 0 aliphatic rings. The first kappa shape index (κ1) is 20.0. The Kier molecular flexibility index (Phi) is 5.75. The van der Waals surface area contributed by atoms with Gasteiger partial charge in [0, 0.05) is 0 Å². The van der Waals surface area contributed by atoms with Gasteiger partial charge in [-0.15, -0.1) is 0 Å². The first-order chi connectivity index (χ1) is 13.3. The van der Waals surface area contributed by atoms with E-state index in [1.165, 1.54) is 4.31 Å². The fourth-order valence-electron chi connectivity index (χ4n) is 2.93. The molecule has 0 saturated carbocycles. The van der Waals surface area contributed by atoms with E-state index in [0.717, 1.165) is 28.0 Å². The van der Waals surface area contributed by atoms with Crippen molar-refractivity contribution in [2.75, 3.05) is 11.4 Å². The zero-order valence-electron chi connectivity index (χ0n) is 16.6. The van der Waals surface area contributed by atoms with E-state index in [1.54, 1.807) is 19.2 Å². The largest absolute Gasteiger partial charge is 0.497 e. The molecule has 3 aromatic carbocycles. The van der Waals surface area contributed by atoms with Gasteiger partial charge in [-0.2, -0.15) is 0 Å². The fraction of sp³-hybridized carbons (Fsp3) is 0.217.